The van der Waals surface area contributed by atoms with Crippen LogP contribution in [-0.2, 0) is 0 Å². The van der Waals surface area contributed by atoms with E-state index in [1.54, 1.807) is 0 Å². The third-order valence-electron chi connectivity index (χ3n) is 3.55. The molecule has 1 aliphatic carbocycles. The number of hydrogen-bond donors (Lipinski definition) is 1. The predicted molar refractivity (Wildman–Crippen MR) is 73.7 cm³/mol. The van der Waals surface area contributed by atoms with Crippen molar-refractivity contribution < 1.29 is 8.78 Å². The molecular formula is C14H18BrF2N. The fourth-order valence-electron chi connectivity index (χ4n) is 2.53. The molecule has 0 aromatic heterocycles. The van der Waals surface area contributed by atoms with Crippen molar-refractivity contribution >= 4 is 21.6 Å². The minimum Gasteiger partial charge on any atom is -0.381 e. The van der Waals surface area contributed by atoms with E-state index >= 15 is 0 Å². The smallest absolute Gasteiger partial charge is 0.150 e. The maximum absolute atomic E-state index is 13.6. The van der Waals surface area contributed by atoms with Crippen LogP contribution in [0.4, 0.5) is 14.5 Å². The van der Waals surface area contributed by atoms with Gasteiger partial charge < -0.3 is 5.32 Å². The van der Waals surface area contributed by atoms with Crippen LogP contribution >= 0.6 is 15.9 Å². The fraction of sp³-hybridized carbons (Fsp3) is 0.571. The molecule has 1 saturated carbocycles. The van der Waals surface area contributed by atoms with Crippen LogP contribution in [0.3, 0.4) is 0 Å². The zero-order valence-corrected chi connectivity index (χ0v) is 11.9. The molecule has 0 bridgehead atoms. The van der Waals surface area contributed by atoms with Crippen molar-refractivity contribution in [3.63, 3.8) is 0 Å². The second-order valence-corrected chi connectivity index (χ2v) is 5.84. The molecule has 1 aliphatic rings. The van der Waals surface area contributed by atoms with E-state index in [2.05, 4.69) is 21.2 Å². The minimum atomic E-state index is -0.556. The first-order valence-corrected chi connectivity index (χ1v) is 7.34. The van der Waals surface area contributed by atoms with Crippen molar-refractivity contribution in [2.24, 2.45) is 5.92 Å². The summed E-state index contributed by atoms with van der Waals surface area (Å²) in [7, 11) is 0. The molecule has 0 heterocycles. The Kier molecular flexibility index (Phi) is 4.98. The van der Waals surface area contributed by atoms with E-state index in [1.165, 1.54) is 44.6 Å². The Morgan fingerprint density at radius 3 is 2.39 bits per heavy atom. The van der Waals surface area contributed by atoms with E-state index < -0.39 is 11.6 Å². The third-order valence-corrected chi connectivity index (χ3v) is 4.17. The highest BCUT2D eigenvalue weighted by atomic mass is 79.9. The van der Waals surface area contributed by atoms with Crippen LogP contribution in [0.25, 0.3) is 0 Å². The Morgan fingerprint density at radius 1 is 1.11 bits per heavy atom. The Bertz CT molecular complexity index is 378. The van der Waals surface area contributed by atoms with E-state index in [4.69, 9.17) is 0 Å². The molecule has 0 radical (unpaired) electrons. The number of hydrogen-bond acceptors (Lipinski definition) is 1. The van der Waals surface area contributed by atoms with Gasteiger partial charge in [-0.2, -0.15) is 0 Å². The highest BCUT2D eigenvalue weighted by Gasteiger charge is 2.14. The van der Waals surface area contributed by atoms with Crippen molar-refractivity contribution in [2.45, 2.75) is 38.5 Å². The average Bonchev–Trinajstić information content (AvgIpc) is 2.56. The van der Waals surface area contributed by atoms with E-state index in [0.717, 1.165) is 12.6 Å². The second kappa shape index (κ2) is 6.50. The van der Waals surface area contributed by atoms with Gasteiger partial charge >= 0.3 is 0 Å². The van der Waals surface area contributed by atoms with Crippen LogP contribution in [0.1, 0.15) is 38.5 Å². The molecule has 0 amide bonds. The standard InChI is InChI=1S/C14H18BrF2N/c15-12-7-11(16)8-13(17)14(12)18-9-10-5-3-1-2-4-6-10/h7-8,10,18H,1-6,9H2. The van der Waals surface area contributed by atoms with Crippen LogP contribution in [0.15, 0.2) is 16.6 Å². The molecule has 18 heavy (non-hydrogen) atoms. The van der Waals surface area contributed by atoms with Crippen molar-refractivity contribution in [1.82, 2.24) is 0 Å². The van der Waals surface area contributed by atoms with E-state index in [-0.39, 0.29) is 0 Å². The largest absolute Gasteiger partial charge is 0.381 e. The van der Waals surface area contributed by atoms with Crippen molar-refractivity contribution in [3.8, 4) is 0 Å². The normalized spacial score (nSPS) is 17.5. The second-order valence-electron chi connectivity index (χ2n) is 4.98. The van der Waals surface area contributed by atoms with Gasteiger partial charge in [-0.3, -0.25) is 0 Å². The number of rotatable bonds is 3. The third kappa shape index (κ3) is 3.67. The van der Waals surface area contributed by atoms with Crippen LogP contribution in [0.2, 0.25) is 0 Å². The summed E-state index contributed by atoms with van der Waals surface area (Å²) in [5.41, 5.74) is 0.376. The van der Waals surface area contributed by atoms with Crippen molar-refractivity contribution in [3.05, 3.63) is 28.2 Å². The Hall–Kier alpha value is -0.640. The zero-order valence-electron chi connectivity index (χ0n) is 10.3. The average molecular weight is 318 g/mol. The van der Waals surface area contributed by atoms with Crippen LogP contribution in [0.5, 0.6) is 0 Å². The molecule has 1 aromatic rings. The Balaban J connectivity index is 1.97. The Morgan fingerprint density at radius 2 is 1.78 bits per heavy atom. The van der Waals surface area contributed by atoms with Gasteiger partial charge in [-0.25, -0.2) is 8.78 Å². The molecule has 1 N–H and O–H groups in total. The van der Waals surface area contributed by atoms with E-state index in [1.807, 2.05) is 0 Å². The maximum atomic E-state index is 13.6. The lowest BCUT2D eigenvalue weighted by Crippen LogP contribution is -2.14. The van der Waals surface area contributed by atoms with Gasteiger partial charge in [0.1, 0.15) is 11.6 Å². The Labute approximate surface area is 115 Å². The molecule has 100 valence electrons. The first-order chi connectivity index (χ1) is 8.66. The first kappa shape index (κ1) is 13.8. The maximum Gasteiger partial charge on any atom is 0.150 e. The predicted octanol–water partition coefficient (Wildman–Crippen LogP) is 5.11. The molecule has 2 rings (SSSR count). The van der Waals surface area contributed by atoms with E-state index in [9.17, 15) is 8.78 Å². The molecule has 0 aliphatic heterocycles. The lowest BCUT2D eigenvalue weighted by Gasteiger charge is -2.17. The van der Waals surface area contributed by atoms with Crippen LogP contribution in [0, 0.1) is 17.6 Å². The molecule has 0 unspecified atom stereocenters. The van der Waals surface area contributed by atoms with Crippen LogP contribution < -0.4 is 5.32 Å². The molecule has 1 fully saturated rings. The topological polar surface area (TPSA) is 12.0 Å². The van der Waals surface area contributed by atoms with Gasteiger partial charge in [-0.1, -0.05) is 25.7 Å². The summed E-state index contributed by atoms with van der Waals surface area (Å²) in [4.78, 5) is 0. The SMILES string of the molecule is Fc1cc(F)c(NCC2CCCCCC2)c(Br)c1. The highest BCUT2D eigenvalue weighted by Crippen LogP contribution is 2.29. The molecule has 0 spiro atoms. The van der Waals surface area contributed by atoms with Gasteiger partial charge in [0, 0.05) is 17.1 Å². The monoisotopic (exact) mass is 317 g/mol. The van der Waals surface area contributed by atoms with E-state index in [0.29, 0.717) is 16.1 Å². The first-order valence-electron chi connectivity index (χ1n) is 6.55. The highest BCUT2D eigenvalue weighted by molar-refractivity contribution is 9.10. The summed E-state index contributed by atoms with van der Waals surface area (Å²) in [6.07, 6.45) is 7.55. The number of anilines is 1. The van der Waals surface area contributed by atoms with Crippen molar-refractivity contribution in [2.75, 3.05) is 11.9 Å². The lowest BCUT2D eigenvalue weighted by molar-refractivity contribution is 0.481. The van der Waals surface area contributed by atoms with Gasteiger partial charge in [0.2, 0.25) is 0 Å². The fourth-order valence-corrected chi connectivity index (χ4v) is 3.07. The minimum absolute atomic E-state index is 0.376. The molecule has 1 nitrogen and oxygen atoms in total. The number of nitrogens with one attached hydrogen (secondary N) is 1. The van der Waals surface area contributed by atoms with Gasteiger partial charge in [-0.05, 0) is 40.8 Å². The van der Waals surface area contributed by atoms with Crippen molar-refractivity contribution in [1.29, 1.82) is 0 Å². The summed E-state index contributed by atoms with van der Waals surface area (Å²) in [5.74, 6) is -0.487. The zero-order chi connectivity index (χ0) is 13.0. The molecule has 0 atom stereocenters. The van der Waals surface area contributed by atoms with Gasteiger partial charge in [0.15, 0.2) is 0 Å². The summed E-state index contributed by atoms with van der Waals surface area (Å²) >= 11 is 3.20. The lowest BCUT2D eigenvalue weighted by atomic mass is 10.0. The van der Waals surface area contributed by atoms with Crippen LogP contribution in [-0.4, -0.2) is 6.54 Å². The number of benzene rings is 1. The summed E-state index contributed by atoms with van der Waals surface area (Å²) in [6, 6.07) is 2.21. The molecular weight excluding hydrogens is 300 g/mol. The van der Waals surface area contributed by atoms with Gasteiger partial charge in [0.05, 0.1) is 5.69 Å². The van der Waals surface area contributed by atoms with Gasteiger partial charge in [-0.15, -0.1) is 0 Å². The summed E-state index contributed by atoms with van der Waals surface area (Å²) in [6.45, 7) is 0.765. The molecule has 0 saturated heterocycles. The molecule has 4 heteroatoms. The number of halogens is 3. The quantitative estimate of drug-likeness (QED) is 0.764. The summed E-state index contributed by atoms with van der Waals surface area (Å²) in [5, 5.41) is 3.12. The van der Waals surface area contributed by atoms with Gasteiger partial charge in [0.25, 0.3) is 0 Å². The summed E-state index contributed by atoms with van der Waals surface area (Å²) < 4.78 is 27.0. The molecule has 1 aromatic carbocycles.